The summed E-state index contributed by atoms with van der Waals surface area (Å²) in [5, 5.41) is 11.8. The van der Waals surface area contributed by atoms with Crippen LogP contribution < -0.4 is 11.1 Å². The van der Waals surface area contributed by atoms with Crippen LogP contribution in [0.25, 0.3) is 0 Å². The number of nitrogens with one attached hydrogen (secondary N) is 1. The SMILES string of the molecule is CC(C(=O)Nc1ccc(CCO)cc1)C(N)c1ccccc1. The number of anilines is 1. The average molecular weight is 298 g/mol. The zero-order valence-electron chi connectivity index (χ0n) is 12.7. The van der Waals surface area contributed by atoms with Crippen LogP contribution in [0.1, 0.15) is 24.1 Å². The monoisotopic (exact) mass is 298 g/mol. The van der Waals surface area contributed by atoms with Gasteiger partial charge in [0.1, 0.15) is 0 Å². The highest BCUT2D eigenvalue weighted by Gasteiger charge is 2.22. The van der Waals surface area contributed by atoms with Crippen LogP contribution in [0.4, 0.5) is 5.69 Å². The summed E-state index contributed by atoms with van der Waals surface area (Å²) in [6, 6.07) is 16.7. The highest BCUT2D eigenvalue weighted by molar-refractivity contribution is 5.92. The van der Waals surface area contributed by atoms with Gasteiger partial charge in [-0.25, -0.2) is 0 Å². The van der Waals surface area contributed by atoms with E-state index in [4.69, 9.17) is 10.8 Å². The summed E-state index contributed by atoms with van der Waals surface area (Å²) in [4.78, 5) is 12.3. The molecule has 2 aromatic rings. The van der Waals surface area contributed by atoms with Crippen LogP contribution >= 0.6 is 0 Å². The largest absolute Gasteiger partial charge is 0.396 e. The van der Waals surface area contributed by atoms with Crippen molar-refractivity contribution in [3.63, 3.8) is 0 Å². The number of rotatable bonds is 6. The highest BCUT2D eigenvalue weighted by atomic mass is 16.2. The van der Waals surface area contributed by atoms with Crippen LogP contribution in [0.15, 0.2) is 54.6 Å². The molecule has 4 nitrogen and oxygen atoms in total. The number of amides is 1. The van der Waals surface area contributed by atoms with E-state index in [-0.39, 0.29) is 24.5 Å². The zero-order chi connectivity index (χ0) is 15.9. The number of carbonyl (C=O) groups is 1. The second kappa shape index (κ2) is 7.73. The molecule has 0 saturated heterocycles. The summed E-state index contributed by atoms with van der Waals surface area (Å²) in [6.45, 7) is 1.95. The number of carbonyl (C=O) groups excluding carboxylic acids is 1. The summed E-state index contributed by atoms with van der Waals surface area (Å²) >= 11 is 0. The van der Waals surface area contributed by atoms with Crippen LogP contribution in [-0.2, 0) is 11.2 Å². The van der Waals surface area contributed by atoms with Gasteiger partial charge in [0.2, 0.25) is 5.91 Å². The second-order valence-electron chi connectivity index (χ2n) is 5.38. The number of aliphatic hydroxyl groups excluding tert-OH is 1. The molecule has 0 fully saturated rings. The Morgan fingerprint density at radius 2 is 1.77 bits per heavy atom. The molecule has 1 amide bonds. The molecular weight excluding hydrogens is 276 g/mol. The van der Waals surface area contributed by atoms with Gasteiger partial charge in [0.15, 0.2) is 0 Å². The molecule has 0 bridgehead atoms. The van der Waals surface area contributed by atoms with Crippen LogP contribution in [0.5, 0.6) is 0 Å². The lowest BCUT2D eigenvalue weighted by Gasteiger charge is -2.20. The van der Waals surface area contributed by atoms with Crippen molar-refractivity contribution in [3.05, 3.63) is 65.7 Å². The van der Waals surface area contributed by atoms with E-state index < -0.39 is 0 Å². The summed E-state index contributed by atoms with van der Waals surface area (Å²) in [6.07, 6.45) is 0.615. The summed E-state index contributed by atoms with van der Waals surface area (Å²) < 4.78 is 0. The second-order valence-corrected chi connectivity index (χ2v) is 5.38. The Bertz CT molecular complexity index is 596. The Labute approximate surface area is 131 Å². The van der Waals surface area contributed by atoms with Gasteiger partial charge in [0.05, 0.1) is 5.92 Å². The van der Waals surface area contributed by atoms with E-state index in [1.54, 1.807) is 0 Å². The van der Waals surface area contributed by atoms with Crippen molar-refractivity contribution in [2.75, 3.05) is 11.9 Å². The van der Waals surface area contributed by atoms with Crippen molar-refractivity contribution < 1.29 is 9.90 Å². The van der Waals surface area contributed by atoms with Gasteiger partial charge >= 0.3 is 0 Å². The molecule has 0 spiro atoms. The standard InChI is InChI=1S/C18H22N2O2/c1-13(17(19)15-5-3-2-4-6-15)18(22)20-16-9-7-14(8-10-16)11-12-21/h2-10,13,17,21H,11-12,19H2,1H3,(H,20,22). The third-order valence-electron chi connectivity index (χ3n) is 3.76. The quantitative estimate of drug-likeness (QED) is 0.767. The van der Waals surface area contributed by atoms with Gasteiger partial charge in [0, 0.05) is 18.3 Å². The van der Waals surface area contributed by atoms with E-state index >= 15 is 0 Å². The molecule has 0 aliphatic rings. The Morgan fingerprint density at radius 3 is 2.36 bits per heavy atom. The van der Waals surface area contributed by atoms with Crippen molar-refractivity contribution in [3.8, 4) is 0 Å². The first-order valence-corrected chi connectivity index (χ1v) is 7.43. The minimum Gasteiger partial charge on any atom is -0.396 e. The maximum Gasteiger partial charge on any atom is 0.229 e. The number of aliphatic hydroxyl groups is 1. The molecule has 2 atom stereocenters. The number of benzene rings is 2. The van der Waals surface area contributed by atoms with Gasteiger partial charge in [-0.2, -0.15) is 0 Å². The molecule has 22 heavy (non-hydrogen) atoms. The topological polar surface area (TPSA) is 75.3 Å². The molecule has 0 aliphatic heterocycles. The van der Waals surface area contributed by atoms with E-state index in [1.807, 2.05) is 61.5 Å². The van der Waals surface area contributed by atoms with E-state index in [2.05, 4.69) is 5.32 Å². The zero-order valence-corrected chi connectivity index (χ0v) is 12.7. The van der Waals surface area contributed by atoms with Crippen LogP contribution in [0.3, 0.4) is 0 Å². The van der Waals surface area contributed by atoms with Gasteiger partial charge < -0.3 is 16.2 Å². The van der Waals surface area contributed by atoms with Gasteiger partial charge in [-0.15, -0.1) is 0 Å². The molecule has 0 aliphatic carbocycles. The Balaban J connectivity index is 1.99. The molecule has 0 radical (unpaired) electrons. The third-order valence-corrected chi connectivity index (χ3v) is 3.76. The lowest BCUT2D eigenvalue weighted by atomic mass is 9.94. The van der Waals surface area contributed by atoms with E-state index in [1.165, 1.54) is 0 Å². The minimum absolute atomic E-state index is 0.105. The first-order valence-electron chi connectivity index (χ1n) is 7.43. The number of hydrogen-bond donors (Lipinski definition) is 3. The highest BCUT2D eigenvalue weighted by Crippen LogP contribution is 2.21. The van der Waals surface area contributed by atoms with Crippen molar-refractivity contribution in [1.29, 1.82) is 0 Å². The number of hydrogen-bond acceptors (Lipinski definition) is 3. The molecule has 4 N–H and O–H groups in total. The Hall–Kier alpha value is -2.17. The predicted molar refractivity (Wildman–Crippen MR) is 88.4 cm³/mol. The normalized spacial score (nSPS) is 13.4. The molecule has 0 saturated carbocycles. The smallest absolute Gasteiger partial charge is 0.229 e. The first kappa shape index (κ1) is 16.2. The molecule has 2 unspecified atom stereocenters. The van der Waals surface area contributed by atoms with Crippen LogP contribution in [-0.4, -0.2) is 17.6 Å². The predicted octanol–water partition coefficient (Wildman–Crippen LogP) is 2.50. The Kier molecular flexibility index (Phi) is 5.69. The average Bonchev–Trinajstić information content (AvgIpc) is 2.56. The number of nitrogens with two attached hydrogens (primary N) is 1. The summed E-state index contributed by atoms with van der Waals surface area (Å²) in [5.41, 5.74) is 8.89. The van der Waals surface area contributed by atoms with E-state index in [0.29, 0.717) is 6.42 Å². The van der Waals surface area contributed by atoms with Crippen LogP contribution in [0.2, 0.25) is 0 Å². The van der Waals surface area contributed by atoms with Gasteiger partial charge in [-0.05, 0) is 29.7 Å². The molecule has 0 aromatic heterocycles. The molecular formula is C18H22N2O2. The van der Waals surface area contributed by atoms with Crippen molar-refractivity contribution in [1.82, 2.24) is 0 Å². The van der Waals surface area contributed by atoms with Crippen molar-refractivity contribution in [2.24, 2.45) is 11.7 Å². The van der Waals surface area contributed by atoms with Crippen molar-refractivity contribution >= 4 is 11.6 Å². The molecule has 2 rings (SSSR count). The minimum atomic E-state index is -0.338. The van der Waals surface area contributed by atoms with Gasteiger partial charge in [0.25, 0.3) is 0 Å². The third kappa shape index (κ3) is 4.16. The fourth-order valence-corrected chi connectivity index (χ4v) is 2.27. The maximum atomic E-state index is 12.3. The lowest BCUT2D eigenvalue weighted by molar-refractivity contribution is -0.120. The van der Waals surface area contributed by atoms with Gasteiger partial charge in [-0.3, -0.25) is 4.79 Å². The van der Waals surface area contributed by atoms with Crippen LogP contribution in [0, 0.1) is 5.92 Å². The summed E-state index contributed by atoms with van der Waals surface area (Å²) in [7, 11) is 0. The van der Waals surface area contributed by atoms with Gasteiger partial charge in [-0.1, -0.05) is 49.4 Å². The fourth-order valence-electron chi connectivity index (χ4n) is 2.27. The molecule has 2 aromatic carbocycles. The maximum absolute atomic E-state index is 12.3. The molecule has 0 heterocycles. The molecule has 4 heteroatoms. The summed E-state index contributed by atoms with van der Waals surface area (Å²) in [5.74, 6) is -0.439. The van der Waals surface area contributed by atoms with Crippen molar-refractivity contribution in [2.45, 2.75) is 19.4 Å². The molecule has 116 valence electrons. The lowest BCUT2D eigenvalue weighted by Crippen LogP contribution is -2.30. The Morgan fingerprint density at radius 1 is 1.14 bits per heavy atom. The fraction of sp³-hybridized carbons (Fsp3) is 0.278. The van der Waals surface area contributed by atoms with E-state index in [0.717, 1.165) is 16.8 Å². The first-order chi connectivity index (χ1) is 10.6. The van der Waals surface area contributed by atoms with E-state index in [9.17, 15) is 4.79 Å².